The van der Waals surface area contributed by atoms with Crippen LogP contribution in [0.3, 0.4) is 0 Å². The van der Waals surface area contributed by atoms with Gasteiger partial charge in [0, 0.05) is 13.0 Å². The van der Waals surface area contributed by atoms with Crippen LogP contribution in [0.5, 0.6) is 0 Å². The summed E-state index contributed by atoms with van der Waals surface area (Å²) >= 11 is 11.2. The summed E-state index contributed by atoms with van der Waals surface area (Å²) in [5.74, 6) is -0.409. The third-order valence-electron chi connectivity index (χ3n) is 0.705. The number of carbonyl (C=O) groups is 1. The van der Waals surface area contributed by atoms with Crippen LogP contribution in [0.25, 0.3) is 0 Å². The van der Waals surface area contributed by atoms with Crippen LogP contribution in [-0.2, 0) is 9.22 Å². The highest BCUT2D eigenvalue weighted by Crippen LogP contribution is 2.20. The fourth-order valence-corrected chi connectivity index (χ4v) is 1.50. The van der Waals surface area contributed by atoms with E-state index in [1.165, 1.54) is 6.92 Å². The molecule has 54 valence electrons. The molecule has 0 amide bonds. The number of carbonyl (C=O) groups excluding carboxylic acids is 1. The summed E-state index contributed by atoms with van der Waals surface area (Å²) in [4.78, 5) is 10.3. The van der Waals surface area contributed by atoms with Crippen molar-refractivity contribution >= 4 is 35.1 Å². The molecule has 0 aromatic heterocycles. The van der Waals surface area contributed by atoms with E-state index in [0.717, 1.165) is 0 Å². The van der Waals surface area contributed by atoms with Crippen molar-refractivity contribution in [2.75, 3.05) is 0 Å². The molecular weight excluding hydrogens is 179 g/mol. The molecule has 0 aliphatic heterocycles. The SMILES string of the molecule is CC[Si](Cl)(Cl)OC(C)=O. The van der Waals surface area contributed by atoms with Crippen LogP contribution in [0.1, 0.15) is 13.8 Å². The van der Waals surface area contributed by atoms with E-state index in [-0.39, 0.29) is 0 Å². The van der Waals surface area contributed by atoms with Crippen LogP contribution in [0.15, 0.2) is 0 Å². The first-order valence-corrected chi connectivity index (χ1v) is 6.69. The van der Waals surface area contributed by atoms with E-state index < -0.39 is 12.9 Å². The highest BCUT2D eigenvalue weighted by molar-refractivity contribution is 7.42. The summed E-state index contributed by atoms with van der Waals surface area (Å²) in [6.45, 7) is 0.435. The number of hydrogen-bond donors (Lipinski definition) is 0. The molecule has 2 nitrogen and oxygen atoms in total. The molecule has 0 aromatic rings. The molecule has 0 rings (SSSR count). The van der Waals surface area contributed by atoms with Crippen LogP contribution < -0.4 is 0 Å². The lowest BCUT2D eigenvalue weighted by Gasteiger charge is -2.12. The maximum absolute atomic E-state index is 10.3. The fraction of sp³-hybridized carbons (Fsp3) is 0.750. The quantitative estimate of drug-likeness (QED) is 0.488. The molecule has 0 N–H and O–H groups in total. The molecule has 0 aliphatic carbocycles. The Morgan fingerprint density at radius 3 is 2.22 bits per heavy atom. The van der Waals surface area contributed by atoms with Gasteiger partial charge in [-0.1, -0.05) is 29.1 Å². The van der Waals surface area contributed by atoms with Crippen molar-refractivity contribution in [3.05, 3.63) is 0 Å². The van der Waals surface area contributed by atoms with E-state index in [4.69, 9.17) is 22.2 Å². The maximum atomic E-state index is 10.3. The van der Waals surface area contributed by atoms with Crippen molar-refractivity contribution in [1.29, 1.82) is 0 Å². The summed E-state index contributed by atoms with van der Waals surface area (Å²) in [5.41, 5.74) is 0. The smallest absolute Gasteiger partial charge is 0.451 e. The third kappa shape index (κ3) is 4.75. The predicted octanol–water partition coefficient (Wildman–Crippen LogP) is 1.99. The Hall–Kier alpha value is 0.267. The van der Waals surface area contributed by atoms with Gasteiger partial charge in [-0.25, -0.2) is 0 Å². The molecule has 0 aliphatic rings. The van der Waals surface area contributed by atoms with E-state index in [1.807, 2.05) is 0 Å². The Bertz CT molecular complexity index is 115. The molecule has 0 bridgehead atoms. The largest absolute Gasteiger partial charge is 0.492 e. The molecule has 0 atom stereocenters. The van der Waals surface area contributed by atoms with Crippen molar-refractivity contribution in [2.45, 2.75) is 19.9 Å². The van der Waals surface area contributed by atoms with Gasteiger partial charge in [0.25, 0.3) is 5.97 Å². The average molecular weight is 187 g/mol. The molecule has 0 radical (unpaired) electrons. The standard InChI is InChI=1S/C4H8Cl2O2Si/c1-3-9(5,6)8-4(2)7/h3H2,1-2H3. The lowest BCUT2D eigenvalue weighted by Crippen LogP contribution is -2.25. The number of halogens is 2. The molecule has 5 heteroatoms. The third-order valence-corrected chi connectivity index (χ3v) is 4.18. The maximum Gasteiger partial charge on any atom is 0.451 e. The Labute approximate surface area is 64.6 Å². The lowest BCUT2D eigenvalue weighted by atomic mass is 10.9. The minimum absolute atomic E-state index is 0.409. The lowest BCUT2D eigenvalue weighted by molar-refractivity contribution is -0.132. The molecule has 0 spiro atoms. The molecular formula is C4H8Cl2O2Si. The zero-order valence-corrected chi connectivity index (χ0v) is 7.79. The second kappa shape index (κ2) is 3.44. The van der Waals surface area contributed by atoms with Gasteiger partial charge in [-0.05, 0) is 0 Å². The zero-order valence-electron chi connectivity index (χ0n) is 5.28. The van der Waals surface area contributed by atoms with E-state index >= 15 is 0 Å². The topological polar surface area (TPSA) is 26.3 Å². The van der Waals surface area contributed by atoms with Crippen molar-refractivity contribution < 1.29 is 9.22 Å². The van der Waals surface area contributed by atoms with Gasteiger partial charge in [0.1, 0.15) is 0 Å². The summed E-state index contributed by atoms with van der Waals surface area (Å²) in [6.07, 6.45) is 0. The first-order valence-electron chi connectivity index (χ1n) is 2.55. The molecule has 0 aromatic carbocycles. The normalized spacial score (nSPS) is 11.1. The van der Waals surface area contributed by atoms with Crippen LogP contribution in [0, 0.1) is 0 Å². The van der Waals surface area contributed by atoms with Crippen LogP contribution >= 0.6 is 22.2 Å². The molecule has 0 fully saturated rings. The van der Waals surface area contributed by atoms with Gasteiger partial charge in [0.15, 0.2) is 0 Å². The van der Waals surface area contributed by atoms with Crippen LogP contribution in [0.4, 0.5) is 0 Å². The summed E-state index contributed by atoms with van der Waals surface area (Å²) in [6, 6.07) is 0.524. The Balaban J connectivity index is 3.71. The van der Waals surface area contributed by atoms with Crippen molar-refractivity contribution in [1.82, 2.24) is 0 Å². The summed E-state index contributed by atoms with van der Waals surface area (Å²) in [5, 5.41) is 0. The molecule has 0 heterocycles. The fourth-order valence-electron chi connectivity index (χ4n) is 0.282. The van der Waals surface area contributed by atoms with Crippen molar-refractivity contribution in [3.8, 4) is 0 Å². The first-order chi connectivity index (χ1) is 3.98. The molecule has 0 unspecified atom stereocenters. The Morgan fingerprint density at radius 2 is 2.11 bits per heavy atom. The summed E-state index contributed by atoms with van der Waals surface area (Å²) in [7, 11) is 0. The van der Waals surface area contributed by atoms with Gasteiger partial charge in [-0.2, -0.15) is 0 Å². The second-order valence-electron chi connectivity index (χ2n) is 1.58. The van der Waals surface area contributed by atoms with Crippen LogP contribution in [0.2, 0.25) is 6.04 Å². The van der Waals surface area contributed by atoms with Crippen molar-refractivity contribution in [3.63, 3.8) is 0 Å². The van der Waals surface area contributed by atoms with Gasteiger partial charge in [0.2, 0.25) is 0 Å². The van der Waals surface area contributed by atoms with Crippen LogP contribution in [-0.4, -0.2) is 12.9 Å². The molecule has 0 saturated heterocycles. The van der Waals surface area contributed by atoms with Crippen molar-refractivity contribution in [2.24, 2.45) is 0 Å². The summed E-state index contributed by atoms with van der Waals surface area (Å²) < 4.78 is 4.62. The Kier molecular flexibility index (Phi) is 3.54. The van der Waals surface area contributed by atoms with Gasteiger partial charge < -0.3 is 4.43 Å². The second-order valence-corrected chi connectivity index (χ2v) is 8.01. The van der Waals surface area contributed by atoms with Gasteiger partial charge in [-0.15, -0.1) is 0 Å². The highest BCUT2D eigenvalue weighted by atomic mass is 35.7. The van der Waals surface area contributed by atoms with E-state index in [2.05, 4.69) is 4.43 Å². The van der Waals surface area contributed by atoms with E-state index in [0.29, 0.717) is 6.04 Å². The van der Waals surface area contributed by atoms with E-state index in [1.54, 1.807) is 6.92 Å². The molecule has 0 saturated carbocycles. The van der Waals surface area contributed by atoms with Gasteiger partial charge >= 0.3 is 6.94 Å². The number of rotatable bonds is 2. The minimum atomic E-state index is -2.65. The highest BCUT2D eigenvalue weighted by Gasteiger charge is 2.30. The molecule has 9 heavy (non-hydrogen) atoms. The monoisotopic (exact) mass is 186 g/mol. The minimum Gasteiger partial charge on any atom is -0.492 e. The van der Waals surface area contributed by atoms with Gasteiger partial charge in [-0.3, -0.25) is 4.79 Å². The average Bonchev–Trinajstić information content (AvgIpc) is 1.63. The van der Waals surface area contributed by atoms with Gasteiger partial charge in [0.05, 0.1) is 0 Å². The first kappa shape index (κ1) is 9.27. The Morgan fingerprint density at radius 1 is 1.67 bits per heavy atom. The van der Waals surface area contributed by atoms with E-state index in [9.17, 15) is 4.79 Å². The predicted molar refractivity (Wildman–Crippen MR) is 39.7 cm³/mol. The zero-order chi connectivity index (χ0) is 7.49. The number of hydrogen-bond acceptors (Lipinski definition) is 2.